The number of hydrogen-bond donors (Lipinski definition) is 0. The van der Waals surface area contributed by atoms with Gasteiger partial charge in [0.25, 0.3) is 0 Å². The van der Waals surface area contributed by atoms with Gasteiger partial charge in [0.1, 0.15) is 0 Å². The number of halogens is 3. The Morgan fingerprint density at radius 1 is 1.53 bits per heavy atom. The predicted octanol–water partition coefficient (Wildman–Crippen LogP) is 1.81. The lowest BCUT2D eigenvalue weighted by Gasteiger charge is -2.22. The molecule has 0 spiro atoms. The summed E-state index contributed by atoms with van der Waals surface area (Å²) in [6, 6.07) is -1.10. The van der Waals surface area contributed by atoms with Crippen LogP contribution in [0.1, 0.15) is 13.3 Å². The Hall–Kier alpha value is -1.37. The number of carbonyl (C=O) groups excluding carboxylic acids is 1. The van der Waals surface area contributed by atoms with Crippen molar-refractivity contribution in [3.05, 3.63) is 11.6 Å². The van der Waals surface area contributed by atoms with Crippen LogP contribution in [0.4, 0.5) is 13.2 Å². The zero-order chi connectivity index (χ0) is 14.6. The Morgan fingerprint density at radius 3 is 2.63 bits per heavy atom. The number of aliphatic imine (C=N–C) groups is 1. The second kappa shape index (κ2) is 6.18. The van der Waals surface area contributed by atoms with Crippen LogP contribution >= 0.6 is 0 Å². The van der Waals surface area contributed by atoms with Crippen molar-refractivity contribution in [2.45, 2.75) is 25.6 Å². The van der Waals surface area contributed by atoms with E-state index in [1.54, 1.807) is 25.9 Å². The lowest BCUT2D eigenvalue weighted by Crippen LogP contribution is -2.33. The minimum atomic E-state index is -4.45. The van der Waals surface area contributed by atoms with Gasteiger partial charge in [-0.2, -0.15) is 13.2 Å². The van der Waals surface area contributed by atoms with E-state index in [2.05, 4.69) is 4.99 Å². The van der Waals surface area contributed by atoms with Crippen LogP contribution in [0.25, 0.3) is 0 Å². The summed E-state index contributed by atoms with van der Waals surface area (Å²) < 4.78 is 43.1. The van der Waals surface area contributed by atoms with Crippen LogP contribution in [0, 0.1) is 0 Å². The molecule has 1 aliphatic heterocycles. The van der Waals surface area contributed by atoms with Gasteiger partial charge in [0.2, 0.25) is 0 Å². The lowest BCUT2D eigenvalue weighted by molar-refractivity contribution is -0.145. The van der Waals surface area contributed by atoms with Crippen LogP contribution in [-0.2, 0) is 9.53 Å². The zero-order valence-corrected chi connectivity index (χ0v) is 11.1. The molecule has 0 radical (unpaired) electrons. The highest BCUT2D eigenvalue weighted by Crippen LogP contribution is 2.32. The van der Waals surface area contributed by atoms with E-state index >= 15 is 0 Å². The van der Waals surface area contributed by atoms with E-state index in [9.17, 15) is 18.0 Å². The third kappa shape index (κ3) is 4.66. The molecule has 1 rings (SSSR count). The SMILES string of the molecule is CCOC(=O)C1CC(C(F)(F)F)=CC(CN(C)C)=N1. The molecular formula is C12H17F3N2O2. The van der Waals surface area contributed by atoms with Crippen LogP contribution in [0.5, 0.6) is 0 Å². The Balaban J connectivity index is 2.96. The molecule has 0 amide bonds. The van der Waals surface area contributed by atoms with Gasteiger partial charge in [-0.3, -0.25) is 4.99 Å². The minimum absolute atomic E-state index is 0.124. The fourth-order valence-electron chi connectivity index (χ4n) is 1.73. The van der Waals surface area contributed by atoms with Gasteiger partial charge >= 0.3 is 12.1 Å². The van der Waals surface area contributed by atoms with Gasteiger partial charge in [0.15, 0.2) is 6.04 Å². The van der Waals surface area contributed by atoms with Crippen molar-refractivity contribution in [2.24, 2.45) is 4.99 Å². The minimum Gasteiger partial charge on any atom is -0.464 e. The average Bonchev–Trinajstić information content (AvgIpc) is 2.26. The van der Waals surface area contributed by atoms with Crippen LogP contribution < -0.4 is 0 Å². The van der Waals surface area contributed by atoms with E-state index in [4.69, 9.17) is 4.74 Å². The van der Waals surface area contributed by atoms with E-state index in [0.717, 1.165) is 6.08 Å². The Labute approximate surface area is 109 Å². The summed E-state index contributed by atoms with van der Waals surface area (Å²) in [6.45, 7) is 1.97. The number of ether oxygens (including phenoxy) is 1. The topological polar surface area (TPSA) is 41.9 Å². The molecule has 0 N–H and O–H groups in total. The molecule has 4 nitrogen and oxygen atoms in total. The Kier molecular flexibility index (Phi) is 5.11. The highest BCUT2D eigenvalue weighted by Gasteiger charge is 2.39. The molecule has 7 heteroatoms. The molecule has 0 aromatic rings. The highest BCUT2D eigenvalue weighted by molar-refractivity contribution is 6.00. The summed E-state index contributed by atoms with van der Waals surface area (Å²) in [7, 11) is 3.44. The normalized spacial score (nSPS) is 20.1. The van der Waals surface area contributed by atoms with Gasteiger partial charge in [-0.25, -0.2) is 4.79 Å². The monoisotopic (exact) mass is 278 g/mol. The second-order valence-electron chi connectivity index (χ2n) is 4.50. The maximum Gasteiger partial charge on any atom is 0.412 e. The summed E-state index contributed by atoms with van der Waals surface area (Å²) in [4.78, 5) is 17.3. The van der Waals surface area contributed by atoms with Crippen LogP contribution in [-0.4, -0.2) is 56.0 Å². The van der Waals surface area contributed by atoms with Crippen molar-refractivity contribution in [2.75, 3.05) is 27.2 Å². The number of carbonyl (C=O) groups is 1. The van der Waals surface area contributed by atoms with Crippen LogP contribution in [0.2, 0.25) is 0 Å². The maximum absolute atomic E-state index is 12.8. The molecule has 0 saturated heterocycles. The molecule has 0 aromatic carbocycles. The first-order valence-electron chi connectivity index (χ1n) is 5.89. The molecule has 1 aliphatic rings. The molecule has 108 valence electrons. The van der Waals surface area contributed by atoms with E-state index in [0.29, 0.717) is 0 Å². The van der Waals surface area contributed by atoms with E-state index in [1.807, 2.05) is 0 Å². The standard InChI is InChI=1S/C12H17F3N2O2/c1-4-19-11(18)10-6-8(12(13,14)15)5-9(16-10)7-17(2)3/h5,10H,4,6-7H2,1-3H3. The van der Waals surface area contributed by atoms with Crippen molar-refractivity contribution in [1.29, 1.82) is 0 Å². The van der Waals surface area contributed by atoms with Crippen LogP contribution in [0.15, 0.2) is 16.6 Å². The molecule has 1 heterocycles. The number of nitrogens with zero attached hydrogens (tertiary/aromatic N) is 2. The molecule has 19 heavy (non-hydrogen) atoms. The summed E-state index contributed by atoms with van der Waals surface area (Å²) >= 11 is 0. The fraction of sp³-hybridized carbons (Fsp3) is 0.667. The average molecular weight is 278 g/mol. The van der Waals surface area contributed by atoms with E-state index in [-0.39, 0.29) is 18.9 Å². The number of hydrogen-bond acceptors (Lipinski definition) is 4. The molecule has 1 unspecified atom stereocenters. The first-order chi connectivity index (χ1) is 8.74. The van der Waals surface area contributed by atoms with Crippen LogP contribution in [0.3, 0.4) is 0 Å². The predicted molar refractivity (Wildman–Crippen MR) is 65.2 cm³/mol. The van der Waals surface area contributed by atoms with E-state index < -0.39 is 30.2 Å². The summed E-state index contributed by atoms with van der Waals surface area (Å²) in [5, 5.41) is 0. The fourth-order valence-corrected chi connectivity index (χ4v) is 1.73. The van der Waals surface area contributed by atoms with Gasteiger partial charge in [0, 0.05) is 18.5 Å². The third-order valence-corrected chi connectivity index (χ3v) is 2.48. The Bertz CT molecular complexity index is 400. The quantitative estimate of drug-likeness (QED) is 0.737. The molecule has 0 fully saturated rings. The molecule has 1 atom stereocenters. The maximum atomic E-state index is 12.8. The summed E-state index contributed by atoms with van der Waals surface area (Å²) in [5.41, 5.74) is -0.501. The zero-order valence-electron chi connectivity index (χ0n) is 11.1. The molecule has 0 bridgehead atoms. The van der Waals surface area contributed by atoms with Gasteiger partial charge in [0.05, 0.1) is 12.3 Å². The lowest BCUT2D eigenvalue weighted by atomic mass is 10.0. The summed E-state index contributed by atoms with van der Waals surface area (Å²) in [5.74, 6) is -0.714. The number of rotatable bonds is 4. The van der Waals surface area contributed by atoms with Gasteiger partial charge in [-0.1, -0.05) is 0 Å². The van der Waals surface area contributed by atoms with Gasteiger partial charge in [-0.15, -0.1) is 0 Å². The van der Waals surface area contributed by atoms with Gasteiger partial charge in [-0.05, 0) is 27.1 Å². The summed E-state index contributed by atoms with van der Waals surface area (Å²) in [6.07, 6.45) is -3.90. The van der Waals surface area contributed by atoms with Crippen molar-refractivity contribution in [1.82, 2.24) is 4.90 Å². The van der Waals surface area contributed by atoms with Crippen molar-refractivity contribution in [3.63, 3.8) is 0 Å². The third-order valence-electron chi connectivity index (χ3n) is 2.48. The highest BCUT2D eigenvalue weighted by atomic mass is 19.4. The number of esters is 1. The van der Waals surface area contributed by atoms with Crippen molar-refractivity contribution in [3.8, 4) is 0 Å². The molecule has 0 saturated carbocycles. The first-order valence-corrected chi connectivity index (χ1v) is 5.89. The first kappa shape index (κ1) is 15.7. The van der Waals surface area contributed by atoms with Crippen molar-refractivity contribution >= 4 is 11.7 Å². The second-order valence-corrected chi connectivity index (χ2v) is 4.50. The Morgan fingerprint density at radius 2 is 2.16 bits per heavy atom. The van der Waals surface area contributed by atoms with E-state index in [1.165, 1.54) is 0 Å². The van der Waals surface area contributed by atoms with Gasteiger partial charge < -0.3 is 9.64 Å². The van der Waals surface area contributed by atoms with Crippen molar-refractivity contribution < 1.29 is 22.7 Å². The smallest absolute Gasteiger partial charge is 0.412 e. The number of dihydropyridines is 1. The molecule has 0 aromatic heterocycles. The molecule has 0 aliphatic carbocycles. The number of alkyl halides is 3. The largest absolute Gasteiger partial charge is 0.464 e. The molecular weight excluding hydrogens is 261 g/mol.